The highest BCUT2D eigenvalue weighted by Gasteiger charge is 2.51. The minimum atomic E-state index is -0.229. The summed E-state index contributed by atoms with van der Waals surface area (Å²) in [5.74, 6) is 2.92. The van der Waals surface area contributed by atoms with E-state index in [4.69, 9.17) is 4.74 Å². The van der Waals surface area contributed by atoms with E-state index in [0.717, 1.165) is 24.7 Å². The number of rotatable bonds is 3. The molecule has 3 aliphatic carbocycles. The third-order valence-electron chi connectivity index (χ3n) is 6.13. The predicted molar refractivity (Wildman–Crippen MR) is 72.3 cm³/mol. The van der Waals surface area contributed by atoms with Gasteiger partial charge in [-0.15, -0.1) is 0 Å². The highest BCUT2D eigenvalue weighted by molar-refractivity contribution is 5.02. The Balaban J connectivity index is 1.74. The van der Waals surface area contributed by atoms with Crippen molar-refractivity contribution < 1.29 is 9.84 Å². The van der Waals surface area contributed by atoms with Crippen molar-refractivity contribution in [2.24, 2.45) is 23.7 Å². The van der Waals surface area contributed by atoms with Gasteiger partial charge in [0, 0.05) is 7.11 Å². The zero-order valence-electron chi connectivity index (χ0n) is 11.9. The van der Waals surface area contributed by atoms with Gasteiger partial charge in [-0.2, -0.15) is 0 Å². The minimum absolute atomic E-state index is 0.222. The summed E-state index contributed by atoms with van der Waals surface area (Å²) in [5, 5.41) is 10.9. The number of hydrogen-bond acceptors (Lipinski definition) is 2. The van der Waals surface area contributed by atoms with Crippen LogP contribution in [0.1, 0.15) is 58.3 Å². The molecule has 0 aliphatic heterocycles. The van der Waals surface area contributed by atoms with Gasteiger partial charge >= 0.3 is 0 Å². The molecular formula is C16H28O2. The van der Waals surface area contributed by atoms with Crippen molar-refractivity contribution in [3.63, 3.8) is 0 Å². The fraction of sp³-hybridized carbons (Fsp3) is 1.00. The number of aliphatic hydroxyl groups is 1. The molecule has 3 fully saturated rings. The summed E-state index contributed by atoms with van der Waals surface area (Å²) < 4.78 is 5.88. The summed E-state index contributed by atoms with van der Waals surface area (Å²) in [6.07, 6.45) is 9.79. The van der Waals surface area contributed by atoms with Crippen LogP contribution in [0.25, 0.3) is 0 Å². The van der Waals surface area contributed by atoms with Crippen LogP contribution in [-0.2, 0) is 4.74 Å². The monoisotopic (exact) mass is 252 g/mol. The van der Waals surface area contributed by atoms with Gasteiger partial charge in [-0.3, -0.25) is 0 Å². The average molecular weight is 252 g/mol. The third kappa shape index (κ3) is 2.02. The van der Waals surface area contributed by atoms with Crippen LogP contribution in [0.2, 0.25) is 0 Å². The molecule has 0 amide bonds. The van der Waals surface area contributed by atoms with E-state index in [1.54, 1.807) is 0 Å². The van der Waals surface area contributed by atoms with Crippen LogP contribution in [0.5, 0.6) is 0 Å². The van der Waals surface area contributed by atoms with Crippen molar-refractivity contribution >= 4 is 0 Å². The first-order valence-electron chi connectivity index (χ1n) is 7.88. The molecule has 1 N–H and O–H groups in total. The summed E-state index contributed by atoms with van der Waals surface area (Å²) in [7, 11) is 1.81. The normalized spacial score (nSPS) is 49.5. The minimum Gasteiger partial charge on any atom is -0.390 e. The molecule has 2 bridgehead atoms. The van der Waals surface area contributed by atoms with Crippen molar-refractivity contribution in [3.05, 3.63) is 0 Å². The Morgan fingerprint density at radius 1 is 1.22 bits per heavy atom. The van der Waals surface area contributed by atoms with Gasteiger partial charge in [0.2, 0.25) is 0 Å². The van der Waals surface area contributed by atoms with Crippen molar-refractivity contribution in [2.45, 2.75) is 70.0 Å². The Hall–Kier alpha value is -0.0800. The molecule has 0 saturated heterocycles. The number of fused-ring (bicyclic) bond motifs is 2. The molecule has 0 aromatic rings. The second kappa shape index (κ2) is 4.79. The standard InChI is InChI=1S/C16H28O2/c1-11-4-3-7-16(10-11,18-2)15(17)14-9-12-5-6-13(14)8-12/h11-15,17H,3-10H2,1-2H3. The van der Waals surface area contributed by atoms with Crippen LogP contribution in [0, 0.1) is 23.7 Å². The van der Waals surface area contributed by atoms with E-state index < -0.39 is 0 Å². The molecule has 3 rings (SSSR count). The lowest BCUT2D eigenvalue weighted by Crippen LogP contribution is -2.51. The summed E-state index contributed by atoms with van der Waals surface area (Å²) >= 11 is 0. The Kier molecular flexibility index (Phi) is 3.44. The molecule has 0 heterocycles. The molecule has 0 aromatic carbocycles. The fourth-order valence-electron chi connectivity index (χ4n) is 5.19. The predicted octanol–water partition coefficient (Wildman–Crippen LogP) is 3.38. The largest absolute Gasteiger partial charge is 0.390 e. The SMILES string of the molecule is COC1(C(O)C2CC3CCC2C3)CCCC(C)C1. The second-order valence-corrected chi connectivity index (χ2v) is 7.25. The quantitative estimate of drug-likeness (QED) is 0.834. The Bertz CT molecular complexity index is 303. The van der Waals surface area contributed by atoms with Crippen LogP contribution in [-0.4, -0.2) is 23.9 Å². The zero-order chi connectivity index (χ0) is 12.8. The summed E-state index contributed by atoms with van der Waals surface area (Å²) in [6.45, 7) is 2.31. The highest BCUT2D eigenvalue weighted by atomic mass is 16.5. The summed E-state index contributed by atoms with van der Waals surface area (Å²) in [4.78, 5) is 0. The second-order valence-electron chi connectivity index (χ2n) is 7.25. The number of methoxy groups -OCH3 is 1. The molecule has 18 heavy (non-hydrogen) atoms. The lowest BCUT2D eigenvalue weighted by atomic mass is 9.69. The zero-order valence-corrected chi connectivity index (χ0v) is 11.9. The van der Waals surface area contributed by atoms with Gasteiger partial charge in [-0.1, -0.05) is 26.2 Å². The maximum absolute atomic E-state index is 10.9. The van der Waals surface area contributed by atoms with Crippen molar-refractivity contribution in [2.75, 3.05) is 7.11 Å². The molecule has 6 atom stereocenters. The maximum Gasteiger partial charge on any atom is 0.0941 e. The van der Waals surface area contributed by atoms with Crippen molar-refractivity contribution in [1.82, 2.24) is 0 Å². The van der Waals surface area contributed by atoms with Gasteiger partial charge in [0.25, 0.3) is 0 Å². The molecule has 3 saturated carbocycles. The highest BCUT2D eigenvalue weighted by Crippen LogP contribution is 2.53. The smallest absolute Gasteiger partial charge is 0.0941 e. The van der Waals surface area contributed by atoms with Crippen LogP contribution in [0.3, 0.4) is 0 Å². The number of ether oxygens (including phenoxy) is 1. The van der Waals surface area contributed by atoms with Crippen molar-refractivity contribution in [1.29, 1.82) is 0 Å². The van der Waals surface area contributed by atoms with Gasteiger partial charge in [-0.05, 0) is 55.8 Å². The van der Waals surface area contributed by atoms with Gasteiger partial charge in [-0.25, -0.2) is 0 Å². The lowest BCUT2D eigenvalue weighted by Gasteiger charge is -2.46. The lowest BCUT2D eigenvalue weighted by molar-refractivity contribution is -0.156. The summed E-state index contributed by atoms with van der Waals surface area (Å²) in [6, 6.07) is 0. The maximum atomic E-state index is 10.9. The molecule has 0 radical (unpaired) electrons. The summed E-state index contributed by atoms with van der Waals surface area (Å²) in [5.41, 5.74) is -0.229. The molecular weight excluding hydrogens is 224 g/mol. The Morgan fingerprint density at radius 3 is 2.61 bits per heavy atom. The molecule has 2 heteroatoms. The first-order chi connectivity index (χ1) is 8.64. The molecule has 2 nitrogen and oxygen atoms in total. The van der Waals surface area contributed by atoms with E-state index >= 15 is 0 Å². The van der Waals surface area contributed by atoms with Crippen LogP contribution in [0.4, 0.5) is 0 Å². The first kappa shape index (κ1) is 12.9. The van der Waals surface area contributed by atoms with Gasteiger partial charge in [0.15, 0.2) is 0 Å². The van der Waals surface area contributed by atoms with E-state index in [1.807, 2.05) is 7.11 Å². The molecule has 0 aromatic heterocycles. The van der Waals surface area contributed by atoms with E-state index in [0.29, 0.717) is 11.8 Å². The fourth-order valence-corrected chi connectivity index (χ4v) is 5.19. The molecule has 104 valence electrons. The van der Waals surface area contributed by atoms with E-state index in [9.17, 15) is 5.11 Å². The first-order valence-corrected chi connectivity index (χ1v) is 7.88. The van der Waals surface area contributed by atoms with Crippen LogP contribution >= 0.6 is 0 Å². The molecule has 3 aliphatic rings. The van der Waals surface area contributed by atoms with Gasteiger partial charge in [0.1, 0.15) is 0 Å². The average Bonchev–Trinajstić information content (AvgIpc) is 3.00. The van der Waals surface area contributed by atoms with Crippen LogP contribution < -0.4 is 0 Å². The molecule has 0 spiro atoms. The van der Waals surface area contributed by atoms with Gasteiger partial charge in [0.05, 0.1) is 11.7 Å². The van der Waals surface area contributed by atoms with E-state index in [2.05, 4.69) is 6.92 Å². The van der Waals surface area contributed by atoms with Crippen LogP contribution in [0.15, 0.2) is 0 Å². The number of hydrogen-bond donors (Lipinski definition) is 1. The number of aliphatic hydroxyl groups excluding tert-OH is 1. The van der Waals surface area contributed by atoms with E-state index in [-0.39, 0.29) is 11.7 Å². The van der Waals surface area contributed by atoms with Gasteiger partial charge < -0.3 is 9.84 Å². The molecule has 6 unspecified atom stereocenters. The Labute approximate surface area is 111 Å². The third-order valence-corrected chi connectivity index (χ3v) is 6.13. The van der Waals surface area contributed by atoms with E-state index in [1.165, 1.54) is 38.5 Å². The van der Waals surface area contributed by atoms with Crippen molar-refractivity contribution in [3.8, 4) is 0 Å². The topological polar surface area (TPSA) is 29.5 Å². The Morgan fingerprint density at radius 2 is 2.06 bits per heavy atom.